The van der Waals surface area contributed by atoms with E-state index in [1.54, 1.807) is 0 Å². The lowest BCUT2D eigenvalue weighted by Crippen LogP contribution is -2.25. The molecule has 1 fully saturated rings. The Morgan fingerprint density at radius 2 is 2.16 bits per heavy atom. The molecule has 1 aliphatic rings. The maximum Gasteiger partial charge on any atom is 0.223 e. The summed E-state index contributed by atoms with van der Waals surface area (Å²) in [5.74, 6) is 1.21. The first-order chi connectivity index (χ1) is 9.31. The monoisotopic (exact) mass is 257 g/mol. The third kappa shape index (κ3) is 3.01. The van der Waals surface area contributed by atoms with E-state index in [9.17, 15) is 5.11 Å². The Morgan fingerprint density at radius 3 is 3.05 bits per heavy atom. The Labute approximate surface area is 112 Å². The second-order valence-electron chi connectivity index (χ2n) is 5.32. The fraction of sp³-hybridized carbons (Fsp3) is 0.467. The molecule has 1 aromatic heterocycles. The number of benzene rings is 1. The van der Waals surface area contributed by atoms with Crippen molar-refractivity contribution in [2.24, 2.45) is 5.92 Å². The van der Waals surface area contributed by atoms with Gasteiger partial charge in [-0.25, -0.2) is 9.97 Å². The molecule has 1 saturated carbocycles. The van der Waals surface area contributed by atoms with Crippen molar-refractivity contribution in [3.63, 3.8) is 0 Å². The Kier molecular flexibility index (Phi) is 3.60. The number of anilines is 1. The Morgan fingerprint density at radius 1 is 1.26 bits per heavy atom. The van der Waals surface area contributed by atoms with Gasteiger partial charge in [0.15, 0.2) is 0 Å². The van der Waals surface area contributed by atoms with Gasteiger partial charge in [0.2, 0.25) is 5.95 Å². The number of aliphatic hydroxyl groups is 1. The fourth-order valence-electron chi connectivity index (χ4n) is 2.74. The predicted octanol–water partition coefficient (Wildman–Crippen LogP) is 2.59. The van der Waals surface area contributed by atoms with Crippen molar-refractivity contribution in [1.29, 1.82) is 0 Å². The van der Waals surface area contributed by atoms with Gasteiger partial charge in [-0.1, -0.05) is 24.6 Å². The van der Waals surface area contributed by atoms with Crippen molar-refractivity contribution in [3.05, 3.63) is 30.5 Å². The highest BCUT2D eigenvalue weighted by molar-refractivity contribution is 5.78. The minimum atomic E-state index is -0.127. The Hall–Kier alpha value is -1.68. The summed E-state index contributed by atoms with van der Waals surface area (Å²) in [6.07, 6.45) is 5.85. The molecule has 0 aliphatic heterocycles. The van der Waals surface area contributed by atoms with Crippen LogP contribution in [-0.2, 0) is 0 Å². The van der Waals surface area contributed by atoms with Gasteiger partial charge in [-0.15, -0.1) is 0 Å². The summed E-state index contributed by atoms with van der Waals surface area (Å²) < 4.78 is 0. The summed E-state index contributed by atoms with van der Waals surface area (Å²) in [7, 11) is 0. The summed E-state index contributed by atoms with van der Waals surface area (Å²) in [6, 6.07) is 7.97. The van der Waals surface area contributed by atoms with Crippen molar-refractivity contribution in [2.45, 2.75) is 31.8 Å². The van der Waals surface area contributed by atoms with E-state index in [2.05, 4.69) is 15.3 Å². The van der Waals surface area contributed by atoms with Crippen molar-refractivity contribution in [3.8, 4) is 0 Å². The molecule has 4 nitrogen and oxygen atoms in total. The van der Waals surface area contributed by atoms with Crippen LogP contribution in [0.3, 0.4) is 0 Å². The van der Waals surface area contributed by atoms with Crippen LogP contribution in [0.5, 0.6) is 0 Å². The zero-order valence-corrected chi connectivity index (χ0v) is 10.9. The topological polar surface area (TPSA) is 58.0 Å². The third-order valence-electron chi connectivity index (χ3n) is 3.79. The minimum Gasteiger partial charge on any atom is -0.393 e. The third-order valence-corrected chi connectivity index (χ3v) is 3.79. The summed E-state index contributed by atoms with van der Waals surface area (Å²) in [5.41, 5.74) is 0.962. The number of rotatable bonds is 3. The van der Waals surface area contributed by atoms with E-state index < -0.39 is 0 Å². The molecule has 3 rings (SSSR count). The molecule has 1 heterocycles. The Balaban J connectivity index is 1.64. The summed E-state index contributed by atoms with van der Waals surface area (Å²) in [4.78, 5) is 8.82. The molecule has 0 spiro atoms. The van der Waals surface area contributed by atoms with Crippen LogP contribution in [0.15, 0.2) is 30.5 Å². The van der Waals surface area contributed by atoms with Crippen LogP contribution in [0.4, 0.5) is 5.95 Å². The number of hydrogen-bond donors (Lipinski definition) is 2. The molecule has 4 heteroatoms. The molecule has 100 valence electrons. The number of nitrogens with zero attached hydrogens (tertiary/aromatic N) is 2. The number of aliphatic hydroxyl groups excluding tert-OH is 1. The van der Waals surface area contributed by atoms with E-state index in [0.29, 0.717) is 11.9 Å². The first-order valence-corrected chi connectivity index (χ1v) is 6.95. The molecule has 0 saturated heterocycles. The van der Waals surface area contributed by atoms with Gasteiger partial charge in [-0.3, -0.25) is 0 Å². The normalized spacial score (nSPS) is 23.4. The number of para-hydroxylation sites is 1. The van der Waals surface area contributed by atoms with E-state index in [4.69, 9.17) is 0 Å². The number of aromatic nitrogens is 2. The average Bonchev–Trinajstić information content (AvgIpc) is 2.45. The SMILES string of the molecule is OC1CCCC(CNc2ncc3ccccc3n2)C1. The molecule has 19 heavy (non-hydrogen) atoms. The second-order valence-corrected chi connectivity index (χ2v) is 5.32. The largest absolute Gasteiger partial charge is 0.393 e. The van der Waals surface area contributed by atoms with Crippen molar-refractivity contribution >= 4 is 16.9 Å². The molecule has 0 radical (unpaired) electrons. The van der Waals surface area contributed by atoms with Gasteiger partial charge in [0, 0.05) is 18.1 Å². The highest BCUT2D eigenvalue weighted by Crippen LogP contribution is 2.24. The van der Waals surface area contributed by atoms with Crippen molar-refractivity contribution in [1.82, 2.24) is 9.97 Å². The molecule has 2 aromatic rings. The first-order valence-electron chi connectivity index (χ1n) is 6.95. The number of fused-ring (bicyclic) bond motifs is 1. The van der Waals surface area contributed by atoms with E-state index in [1.807, 2.05) is 30.5 Å². The second kappa shape index (κ2) is 5.53. The standard InChI is InChI=1S/C15H19N3O/c19-13-6-3-4-11(8-13)9-16-15-17-10-12-5-1-2-7-14(12)18-15/h1-2,5,7,10-11,13,19H,3-4,6,8-9H2,(H,16,17,18). The van der Waals surface area contributed by atoms with Crippen LogP contribution < -0.4 is 5.32 Å². The number of hydrogen-bond acceptors (Lipinski definition) is 4. The highest BCUT2D eigenvalue weighted by atomic mass is 16.3. The minimum absolute atomic E-state index is 0.127. The smallest absolute Gasteiger partial charge is 0.223 e. The fourth-order valence-corrected chi connectivity index (χ4v) is 2.74. The molecule has 1 aliphatic carbocycles. The molecular formula is C15H19N3O. The van der Waals surface area contributed by atoms with Gasteiger partial charge in [-0.2, -0.15) is 0 Å². The van der Waals surface area contributed by atoms with Crippen LogP contribution in [0.25, 0.3) is 10.9 Å². The summed E-state index contributed by atoms with van der Waals surface area (Å²) in [5, 5.41) is 14.0. The van der Waals surface area contributed by atoms with Gasteiger partial charge < -0.3 is 10.4 Å². The molecule has 1 aromatic carbocycles. The van der Waals surface area contributed by atoms with Gasteiger partial charge in [-0.05, 0) is 31.2 Å². The lowest BCUT2D eigenvalue weighted by molar-refractivity contribution is 0.104. The summed E-state index contributed by atoms with van der Waals surface area (Å²) in [6.45, 7) is 0.843. The van der Waals surface area contributed by atoms with Crippen LogP contribution in [0, 0.1) is 5.92 Å². The summed E-state index contributed by atoms with van der Waals surface area (Å²) >= 11 is 0. The maximum absolute atomic E-state index is 9.66. The van der Waals surface area contributed by atoms with Crippen LogP contribution >= 0.6 is 0 Å². The van der Waals surface area contributed by atoms with Crippen LogP contribution in [0.2, 0.25) is 0 Å². The van der Waals surface area contributed by atoms with E-state index >= 15 is 0 Å². The van der Waals surface area contributed by atoms with Gasteiger partial charge in [0.25, 0.3) is 0 Å². The Bertz CT molecular complexity index is 558. The molecular weight excluding hydrogens is 238 g/mol. The first kappa shape index (κ1) is 12.4. The maximum atomic E-state index is 9.66. The lowest BCUT2D eigenvalue weighted by atomic mass is 9.87. The van der Waals surface area contributed by atoms with E-state index in [0.717, 1.165) is 36.7 Å². The van der Waals surface area contributed by atoms with Crippen molar-refractivity contribution in [2.75, 3.05) is 11.9 Å². The quantitative estimate of drug-likeness (QED) is 0.887. The molecule has 0 bridgehead atoms. The van der Waals surface area contributed by atoms with Crippen molar-refractivity contribution < 1.29 is 5.11 Å². The molecule has 0 amide bonds. The van der Waals surface area contributed by atoms with Crippen LogP contribution in [-0.4, -0.2) is 27.7 Å². The zero-order valence-electron chi connectivity index (χ0n) is 10.9. The van der Waals surface area contributed by atoms with Crippen LogP contribution in [0.1, 0.15) is 25.7 Å². The highest BCUT2D eigenvalue weighted by Gasteiger charge is 2.19. The van der Waals surface area contributed by atoms with E-state index in [1.165, 1.54) is 6.42 Å². The molecule has 2 unspecified atom stereocenters. The lowest BCUT2D eigenvalue weighted by Gasteiger charge is -2.25. The predicted molar refractivity (Wildman–Crippen MR) is 76.0 cm³/mol. The molecule has 2 atom stereocenters. The van der Waals surface area contributed by atoms with Gasteiger partial charge >= 0.3 is 0 Å². The average molecular weight is 257 g/mol. The molecule has 2 N–H and O–H groups in total. The van der Waals surface area contributed by atoms with Gasteiger partial charge in [0.05, 0.1) is 11.6 Å². The number of nitrogens with one attached hydrogen (secondary N) is 1. The van der Waals surface area contributed by atoms with Gasteiger partial charge in [0.1, 0.15) is 0 Å². The van der Waals surface area contributed by atoms with E-state index in [-0.39, 0.29) is 6.10 Å². The zero-order chi connectivity index (χ0) is 13.1.